The van der Waals surface area contributed by atoms with Crippen molar-refractivity contribution in [3.63, 3.8) is 0 Å². The lowest BCUT2D eigenvalue weighted by Crippen LogP contribution is -2.29. The molecule has 1 aromatic heterocycles. The lowest BCUT2D eigenvalue weighted by molar-refractivity contribution is -0.136. The number of phenols is 1. The van der Waals surface area contributed by atoms with Crippen LogP contribution in [0.25, 0.3) is 0 Å². The molecule has 3 rings (SSSR count). The average molecular weight is 287 g/mol. The third-order valence-electron chi connectivity index (χ3n) is 3.31. The lowest BCUT2D eigenvalue weighted by Gasteiger charge is -2.27. The molecule has 0 amide bonds. The summed E-state index contributed by atoms with van der Waals surface area (Å²) in [4.78, 5) is 12.1. The molecule has 2 heterocycles. The summed E-state index contributed by atoms with van der Waals surface area (Å²) in [6.45, 7) is 1.75. The number of ether oxygens (including phenoxy) is 1. The summed E-state index contributed by atoms with van der Waals surface area (Å²) in [7, 11) is 1.32. The van der Waals surface area contributed by atoms with Crippen LogP contribution >= 0.6 is 0 Å². The number of nitrogens with one attached hydrogen (secondary N) is 1. The van der Waals surface area contributed by atoms with E-state index in [1.54, 1.807) is 31.2 Å². The highest BCUT2D eigenvalue weighted by Crippen LogP contribution is 2.35. The van der Waals surface area contributed by atoms with Crippen LogP contribution in [0.4, 0.5) is 5.95 Å². The van der Waals surface area contributed by atoms with Crippen LogP contribution < -0.4 is 5.32 Å². The van der Waals surface area contributed by atoms with Crippen molar-refractivity contribution in [1.29, 1.82) is 0 Å². The molecule has 1 aliphatic rings. The van der Waals surface area contributed by atoms with Gasteiger partial charge in [-0.2, -0.15) is 4.68 Å². The maximum atomic E-state index is 12.1. The molecule has 8 nitrogen and oxygen atoms in total. The van der Waals surface area contributed by atoms with Gasteiger partial charge in [-0.1, -0.05) is 17.2 Å². The minimum absolute atomic E-state index is 0.0996. The molecule has 2 N–H and O–H groups in total. The number of tetrazole rings is 1. The van der Waals surface area contributed by atoms with Gasteiger partial charge in [0.05, 0.1) is 12.7 Å². The van der Waals surface area contributed by atoms with E-state index >= 15 is 0 Å². The molecule has 0 spiro atoms. The Kier molecular flexibility index (Phi) is 3.05. The number of methoxy groups -OCH3 is 1. The van der Waals surface area contributed by atoms with Crippen LogP contribution in [0.15, 0.2) is 35.5 Å². The molecule has 8 heteroatoms. The van der Waals surface area contributed by atoms with Crippen molar-refractivity contribution < 1.29 is 14.6 Å². The highest BCUT2D eigenvalue weighted by atomic mass is 16.5. The number of carbonyl (C=O) groups is 1. The van der Waals surface area contributed by atoms with Crippen molar-refractivity contribution >= 4 is 11.9 Å². The number of anilines is 1. The number of carbonyl (C=O) groups excluding carboxylic acids is 1. The van der Waals surface area contributed by atoms with E-state index in [1.807, 2.05) is 0 Å². The van der Waals surface area contributed by atoms with Crippen molar-refractivity contribution in [2.45, 2.75) is 13.0 Å². The molecular formula is C13H13N5O3. The standard InChI is InChI=1S/C13H13N5O3/c1-7-10(12(20)21-2)11(8-4-3-5-9(19)6-8)18-13(14-7)15-16-17-18/h3-6,11,19H,1-2H3,(H,14,15,17)/t11-/m1/s1. The summed E-state index contributed by atoms with van der Waals surface area (Å²) in [5.41, 5.74) is 1.69. The SMILES string of the molecule is COC(=O)C1=C(C)Nc2nnnn2[C@@H]1c1cccc(O)c1. The highest BCUT2D eigenvalue weighted by molar-refractivity contribution is 5.92. The molecule has 1 atom stereocenters. The van der Waals surface area contributed by atoms with E-state index in [1.165, 1.54) is 11.8 Å². The zero-order valence-corrected chi connectivity index (χ0v) is 11.4. The fourth-order valence-corrected chi connectivity index (χ4v) is 2.39. The summed E-state index contributed by atoms with van der Waals surface area (Å²) >= 11 is 0. The van der Waals surface area contributed by atoms with Gasteiger partial charge in [-0.05, 0) is 35.0 Å². The van der Waals surface area contributed by atoms with E-state index in [-0.39, 0.29) is 5.75 Å². The first kappa shape index (κ1) is 13.1. The van der Waals surface area contributed by atoms with Crippen LogP contribution in [0.3, 0.4) is 0 Å². The van der Waals surface area contributed by atoms with Crippen LogP contribution in [0, 0.1) is 0 Å². The second-order valence-corrected chi connectivity index (χ2v) is 4.60. The number of rotatable bonds is 2. The van der Waals surface area contributed by atoms with Crippen LogP contribution in [0.2, 0.25) is 0 Å². The Labute approximate surface area is 120 Å². The summed E-state index contributed by atoms with van der Waals surface area (Å²) in [6.07, 6.45) is 0. The largest absolute Gasteiger partial charge is 0.508 e. The summed E-state index contributed by atoms with van der Waals surface area (Å²) in [5, 5.41) is 24.0. The maximum Gasteiger partial charge on any atom is 0.338 e. The van der Waals surface area contributed by atoms with Crippen molar-refractivity contribution in [2.75, 3.05) is 12.4 Å². The van der Waals surface area contributed by atoms with Crippen molar-refractivity contribution in [3.8, 4) is 5.75 Å². The second-order valence-electron chi connectivity index (χ2n) is 4.60. The minimum Gasteiger partial charge on any atom is -0.508 e. The Hall–Kier alpha value is -2.90. The topological polar surface area (TPSA) is 102 Å². The van der Waals surface area contributed by atoms with Crippen molar-refractivity contribution in [1.82, 2.24) is 20.2 Å². The first-order chi connectivity index (χ1) is 10.1. The van der Waals surface area contributed by atoms with Gasteiger partial charge in [0, 0.05) is 5.70 Å². The van der Waals surface area contributed by atoms with E-state index in [4.69, 9.17) is 4.74 Å². The molecule has 0 fully saturated rings. The van der Waals surface area contributed by atoms with E-state index in [2.05, 4.69) is 20.8 Å². The number of benzene rings is 1. The molecule has 21 heavy (non-hydrogen) atoms. The Balaban J connectivity index is 2.20. The number of aromatic nitrogens is 4. The van der Waals surface area contributed by atoms with Gasteiger partial charge in [-0.25, -0.2) is 4.79 Å². The van der Waals surface area contributed by atoms with Crippen LogP contribution in [0.5, 0.6) is 5.75 Å². The zero-order valence-electron chi connectivity index (χ0n) is 11.4. The van der Waals surface area contributed by atoms with Crippen LogP contribution in [-0.4, -0.2) is 38.4 Å². The van der Waals surface area contributed by atoms with Gasteiger partial charge >= 0.3 is 5.97 Å². The molecule has 1 aliphatic heterocycles. The normalized spacial score (nSPS) is 17.1. The lowest BCUT2D eigenvalue weighted by atomic mass is 9.95. The van der Waals surface area contributed by atoms with Gasteiger partial charge in [0.2, 0.25) is 5.95 Å². The van der Waals surface area contributed by atoms with Gasteiger partial charge in [-0.3, -0.25) is 0 Å². The minimum atomic E-state index is -0.559. The van der Waals surface area contributed by atoms with Gasteiger partial charge in [0.1, 0.15) is 11.8 Å². The Morgan fingerprint density at radius 2 is 2.29 bits per heavy atom. The summed E-state index contributed by atoms with van der Waals surface area (Å²) in [6, 6.07) is 6.05. The van der Waals surface area contributed by atoms with Gasteiger partial charge in [0.25, 0.3) is 0 Å². The Morgan fingerprint density at radius 3 is 3.00 bits per heavy atom. The molecule has 108 valence electrons. The van der Waals surface area contributed by atoms with Gasteiger partial charge < -0.3 is 15.2 Å². The smallest absolute Gasteiger partial charge is 0.338 e. The highest BCUT2D eigenvalue weighted by Gasteiger charge is 2.34. The zero-order chi connectivity index (χ0) is 15.0. The molecule has 1 aromatic carbocycles. The first-order valence-electron chi connectivity index (χ1n) is 6.24. The van der Waals surface area contributed by atoms with Gasteiger partial charge in [0.15, 0.2) is 0 Å². The number of phenolic OH excluding ortho intramolecular Hbond substituents is 1. The monoisotopic (exact) mass is 287 g/mol. The molecule has 0 radical (unpaired) electrons. The molecular weight excluding hydrogens is 274 g/mol. The number of hydrogen-bond acceptors (Lipinski definition) is 7. The molecule has 2 aromatic rings. The second kappa shape index (κ2) is 4.89. The molecule has 0 saturated carbocycles. The number of hydrogen-bond donors (Lipinski definition) is 2. The summed E-state index contributed by atoms with van der Waals surface area (Å²) < 4.78 is 6.33. The molecule has 0 unspecified atom stereocenters. The Bertz CT molecular complexity index is 737. The number of esters is 1. The Morgan fingerprint density at radius 1 is 1.48 bits per heavy atom. The average Bonchev–Trinajstić information content (AvgIpc) is 2.92. The first-order valence-corrected chi connectivity index (χ1v) is 6.24. The van der Waals surface area contributed by atoms with E-state index < -0.39 is 12.0 Å². The number of allylic oxidation sites excluding steroid dienone is 1. The molecule has 0 bridgehead atoms. The maximum absolute atomic E-state index is 12.1. The van der Waals surface area contributed by atoms with Crippen molar-refractivity contribution in [3.05, 3.63) is 41.1 Å². The van der Waals surface area contributed by atoms with Crippen molar-refractivity contribution in [2.24, 2.45) is 0 Å². The fraction of sp³-hybridized carbons (Fsp3) is 0.231. The molecule has 0 aliphatic carbocycles. The van der Waals surface area contributed by atoms with Crippen LogP contribution in [-0.2, 0) is 9.53 Å². The van der Waals surface area contributed by atoms with E-state index in [0.29, 0.717) is 22.8 Å². The number of fused-ring (bicyclic) bond motifs is 1. The fourth-order valence-electron chi connectivity index (χ4n) is 2.39. The number of nitrogens with zero attached hydrogens (tertiary/aromatic N) is 4. The molecule has 0 saturated heterocycles. The summed E-state index contributed by atoms with van der Waals surface area (Å²) in [5.74, 6) is 0.0468. The number of aromatic hydroxyl groups is 1. The quantitative estimate of drug-likeness (QED) is 0.789. The van der Waals surface area contributed by atoms with Gasteiger partial charge in [-0.15, -0.1) is 0 Å². The van der Waals surface area contributed by atoms with Crippen LogP contribution in [0.1, 0.15) is 18.5 Å². The predicted molar refractivity (Wildman–Crippen MR) is 72.4 cm³/mol. The predicted octanol–water partition coefficient (Wildman–Crippen LogP) is 0.841. The third kappa shape index (κ3) is 2.10. The van der Waals surface area contributed by atoms with E-state index in [0.717, 1.165) is 0 Å². The third-order valence-corrected chi connectivity index (χ3v) is 3.31. The van der Waals surface area contributed by atoms with E-state index in [9.17, 15) is 9.90 Å².